The molecule has 1 atom stereocenters. The number of carboxylic acid groups (broad SMARTS) is 1. The maximum Gasteiger partial charge on any atom is 0.271 e. The Kier molecular flexibility index (Phi) is 6.28. The summed E-state index contributed by atoms with van der Waals surface area (Å²) < 4.78 is 0. The molecule has 0 radical (unpaired) electrons. The van der Waals surface area contributed by atoms with Crippen LogP contribution in [0.25, 0.3) is 0 Å². The number of nitro benzene ring substituents is 1. The maximum atomic E-state index is 11.8. The van der Waals surface area contributed by atoms with Crippen molar-refractivity contribution in [2.24, 2.45) is 0 Å². The highest BCUT2D eigenvalue weighted by atomic mass is 16.6. The van der Waals surface area contributed by atoms with E-state index in [1.807, 2.05) is 6.92 Å². The van der Waals surface area contributed by atoms with Crippen molar-refractivity contribution in [1.29, 1.82) is 0 Å². The Hall–Kier alpha value is -2.48. The SMILES string of the molecule is CCC[NH2+][C@@H](CC(=O)Nc1cccc([N+](=O)[O-])c1)C(=O)[O-]. The number of hydrogen-bond acceptors (Lipinski definition) is 5. The quantitative estimate of drug-likeness (QED) is 0.470. The number of anilines is 1. The van der Waals surface area contributed by atoms with Crippen LogP contribution in [0.2, 0.25) is 0 Å². The summed E-state index contributed by atoms with van der Waals surface area (Å²) in [4.78, 5) is 32.8. The number of nitrogens with two attached hydrogens (primary N) is 1. The summed E-state index contributed by atoms with van der Waals surface area (Å²) in [6, 6.07) is 4.47. The third kappa shape index (κ3) is 5.57. The number of quaternary nitrogens is 1. The molecule has 8 nitrogen and oxygen atoms in total. The lowest BCUT2D eigenvalue weighted by Crippen LogP contribution is -2.93. The molecule has 1 rings (SSSR count). The van der Waals surface area contributed by atoms with Gasteiger partial charge in [-0.05, 0) is 12.5 Å². The fourth-order valence-electron chi connectivity index (χ4n) is 1.74. The highest BCUT2D eigenvalue weighted by Gasteiger charge is 2.18. The normalized spacial score (nSPS) is 11.7. The smallest absolute Gasteiger partial charge is 0.271 e. The second kappa shape index (κ2) is 7.95. The van der Waals surface area contributed by atoms with Crippen molar-refractivity contribution >= 4 is 23.3 Å². The van der Waals surface area contributed by atoms with Gasteiger partial charge < -0.3 is 20.5 Å². The van der Waals surface area contributed by atoms with Crippen LogP contribution >= 0.6 is 0 Å². The lowest BCUT2D eigenvalue weighted by atomic mass is 10.2. The van der Waals surface area contributed by atoms with Crippen molar-refractivity contribution in [2.45, 2.75) is 25.8 Å². The minimum absolute atomic E-state index is 0.151. The van der Waals surface area contributed by atoms with Crippen LogP contribution in [0.3, 0.4) is 0 Å². The number of rotatable bonds is 8. The molecule has 0 aliphatic carbocycles. The number of carbonyl (C=O) groups excluding carboxylic acids is 2. The first-order valence-corrected chi connectivity index (χ1v) is 6.52. The average molecular weight is 295 g/mol. The summed E-state index contributed by atoms with van der Waals surface area (Å²) >= 11 is 0. The number of aliphatic carboxylic acids is 1. The van der Waals surface area contributed by atoms with E-state index in [9.17, 15) is 24.8 Å². The van der Waals surface area contributed by atoms with Gasteiger partial charge in [0.15, 0.2) is 0 Å². The first-order valence-electron chi connectivity index (χ1n) is 6.52. The zero-order valence-electron chi connectivity index (χ0n) is 11.6. The Bertz CT molecular complexity index is 532. The molecule has 3 N–H and O–H groups in total. The van der Waals surface area contributed by atoms with Gasteiger partial charge >= 0.3 is 0 Å². The second-order valence-corrected chi connectivity index (χ2v) is 4.51. The van der Waals surface area contributed by atoms with E-state index in [0.717, 1.165) is 6.42 Å². The van der Waals surface area contributed by atoms with Crippen molar-refractivity contribution in [3.63, 3.8) is 0 Å². The minimum Gasteiger partial charge on any atom is -0.544 e. The Labute approximate surface area is 121 Å². The molecule has 8 heteroatoms. The van der Waals surface area contributed by atoms with E-state index in [2.05, 4.69) is 5.32 Å². The molecule has 1 amide bonds. The van der Waals surface area contributed by atoms with Gasteiger partial charge in [-0.15, -0.1) is 0 Å². The van der Waals surface area contributed by atoms with Crippen LogP contribution in [0.15, 0.2) is 24.3 Å². The van der Waals surface area contributed by atoms with Gasteiger partial charge in [0.1, 0.15) is 6.04 Å². The molecular weight excluding hydrogens is 278 g/mol. The van der Waals surface area contributed by atoms with Crippen LogP contribution in [-0.2, 0) is 9.59 Å². The topological polar surface area (TPSA) is 129 Å². The Balaban J connectivity index is 2.65. The first-order chi connectivity index (χ1) is 9.93. The largest absolute Gasteiger partial charge is 0.544 e. The van der Waals surface area contributed by atoms with Crippen LogP contribution < -0.4 is 15.7 Å². The van der Waals surface area contributed by atoms with Gasteiger partial charge in [-0.1, -0.05) is 13.0 Å². The number of carboxylic acids is 1. The van der Waals surface area contributed by atoms with Crippen LogP contribution in [0.4, 0.5) is 11.4 Å². The molecule has 0 saturated heterocycles. The van der Waals surface area contributed by atoms with Gasteiger partial charge in [0.2, 0.25) is 5.91 Å². The first kappa shape index (κ1) is 16.6. The van der Waals surface area contributed by atoms with Crippen molar-refractivity contribution in [3.05, 3.63) is 34.4 Å². The van der Waals surface area contributed by atoms with Crippen LogP contribution in [0.5, 0.6) is 0 Å². The summed E-state index contributed by atoms with van der Waals surface area (Å²) in [5, 5.41) is 25.5. The molecule has 0 heterocycles. The Morgan fingerprint density at radius 3 is 2.71 bits per heavy atom. The summed E-state index contributed by atoms with van der Waals surface area (Å²) in [7, 11) is 0. The van der Waals surface area contributed by atoms with E-state index in [4.69, 9.17) is 0 Å². The van der Waals surface area contributed by atoms with Gasteiger partial charge in [0.05, 0.1) is 23.9 Å². The minimum atomic E-state index is -1.31. The maximum absolute atomic E-state index is 11.8. The van der Waals surface area contributed by atoms with Crippen molar-refractivity contribution < 1.29 is 24.9 Å². The predicted octanol–water partition coefficient (Wildman–Crippen LogP) is -0.985. The van der Waals surface area contributed by atoms with E-state index < -0.39 is 22.8 Å². The molecule has 0 aliphatic rings. The van der Waals surface area contributed by atoms with Gasteiger partial charge in [-0.3, -0.25) is 14.9 Å². The number of non-ortho nitro benzene ring substituents is 1. The van der Waals surface area contributed by atoms with Gasteiger partial charge in [-0.25, -0.2) is 0 Å². The van der Waals surface area contributed by atoms with E-state index in [-0.39, 0.29) is 17.8 Å². The highest BCUT2D eigenvalue weighted by Crippen LogP contribution is 2.17. The molecule has 0 aliphatic heterocycles. The number of carbonyl (C=O) groups is 2. The zero-order valence-corrected chi connectivity index (χ0v) is 11.6. The molecule has 0 saturated carbocycles. The standard InChI is InChI=1S/C13H17N3O5/c1-2-6-14-11(13(18)19)8-12(17)15-9-4-3-5-10(7-9)16(20)21/h3-5,7,11,14H,2,6,8H2,1H3,(H,15,17)(H,18,19)/t11-/m0/s1. The number of amides is 1. The Morgan fingerprint density at radius 2 is 2.14 bits per heavy atom. The highest BCUT2D eigenvalue weighted by molar-refractivity contribution is 5.93. The van der Waals surface area contributed by atoms with Crippen LogP contribution in [0, 0.1) is 10.1 Å². The van der Waals surface area contributed by atoms with Crippen LogP contribution in [-0.4, -0.2) is 29.4 Å². The third-order valence-electron chi connectivity index (χ3n) is 2.79. The molecule has 1 aromatic carbocycles. The monoisotopic (exact) mass is 295 g/mol. The number of benzene rings is 1. The van der Waals surface area contributed by atoms with Gasteiger partial charge in [0.25, 0.3) is 5.69 Å². The zero-order chi connectivity index (χ0) is 15.8. The average Bonchev–Trinajstić information content (AvgIpc) is 2.43. The molecule has 0 fully saturated rings. The predicted molar refractivity (Wildman–Crippen MR) is 72.2 cm³/mol. The summed E-state index contributed by atoms with van der Waals surface area (Å²) in [5.41, 5.74) is 0.101. The summed E-state index contributed by atoms with van der Waals surface area (Å²) in [6.45, 7) is 2.47. The molecule has 0 bridgehead atoms. The molecule has 1 aromatic rings. The molecule has 0 aromatic heterocycles. The van der Waals surface area contributed by atoms with Crippen molar-refractivity contribution in [3.8, 4) is 0 Å². The fourth-order valence-corrected chi connectivity index (χ4v) is 1.74. The van der Waals surface area contributed by atoms with Gasteiger partial charge in [-0.2, -0.15) is 0 Å². The second-order valence-electron chi connectivity index (χ2n) is 4.51. The third-order valence-corrected chi connectivity index (χ3v) is 2.79. The lowest BCUT2D eigenvalue weighted by Gasteiger charge is -2.15. The number of nitrogens with one attached hydrogen (secondary N) is 1. The van der Waals surface area contributed by atoms with E-state index in [1.165, 1.54) is 29.6 Å². The molecule has 0 unspecified atom stereocenters. The van der Waals surface area contributed by atoms with Crippen molar-refractivity contribution in [2.75, 3.05) is 11.9 Å². The number of hydrogen-bond donors (Lipinski definition) is 2. The van der Waals surface area contributed by atoms with Crippen molar-refractivity contribution in [1.82, 2.24) is 0 Å². The molecule has 21 heavy (non-hydrogen) atoms. The Morgan fingerprint density at radius 1 is 1.43 bits per heavy atom. The number of nitro groups is 1. The molecule has 0 spiro atoms. The van der Waals surface area contributed by atoms with E-state index >= 15 is 0 Å². The van der Waals surface area contributed by atoms with E-state index in [1.54, 1.807) is 0 Å². The molecular formula is C13H17N3O5. The summed E-state index contributed by atoms with van der Waals surface area (Å²) in [5.74, 6) is -1.84. The van der Waals surface area contributed by atoms with Gasteiger partial charge in [0, 0.05) is 17.8 Å². The fraction of sp³-hybridized carbons (Fsp3) is 0.385. The number of nitrogens with zero attached hydrogens (tertiary/aromatic N) is 1. The van der Waals surface area contributed by atoms with Crippen LogP contribution in [0.1, 0.15) is 19.8 Å². The van der Waals surface area contributed by atoms with E-state index in [0.29, 0.717) is 6.54 Å². The molecule has 114 valence electrons. The summed E-state index contributed by atoms with van der Waals surface area (Å²) in [6.07, 6.45) is 0.515. The lowest BCUT2D eigenvalue weighted by molar-refractivity contribution is -0.682.